The maximum absolute atomic E-state index is 12.2. The maximum atomic E-state index is 12.2. The highest BCUT2D eigenvalue weighted by molar-refractivity contribution is 5.93. The number of anilines is 1. The van der Waals surface area contributed by atoms with Crippen molar-refractivity contribution in [3.63, 3.8) is 0 Å². The minimum absolute atomic E-state index is 0.132. The molecule has 2 rings (SSSR count). The van der Waals surface area contributed by atoms with Gasteiger partial charge in [-0.15, -0.1) is 0 Å². The van der Waals surface area contributed by atoms with Gasteiger partial charge < -0.3 is 20.2 Å². The van der Waals surface area contributed by atoms with Crippen molar-refractivity contribution >= 4 is 28.8 Å². The maximum Gasteiger partial charge on any atom is 0.468 e. The molecule has 28 heavy (non-hydrogen) atoms. The summed E-state index contributed by atoms with van der Waals surface area (Å²) in [6.45, 7) is 2.57. The van der Waals surface area contributed by atoms with Crippen molar-refractivity contribution in [2.24, 2.45) is 0 Å². The average Bonchev–Trinajstić information content (AvgIpc) is 2.93. The van der Waals surface area contributed by atoms with Crippen molar-refractivity contribution in [1.29, 1.82) is 0 Å². The first kappa shape index (κ1) is 20.2. The molecule has 0 unspecified atom stereocenters. The summed E-state index contributed by atoms with van der Waals surface area (Å²) in [6.07, 6.45) is 0. The normalized spacial score (nSPS) is 10.4. The van der Waals surface area contributed by atoms with Crippen LogP contribution in [-0.4, -0.2) is 37.1 Å². The number of amides is 1. The lowest BCUT2D eigenvalue weighted by Crippen LogP contribution is -2.21. The molecule has 14 heteroatoms. The summed E-state index contributed by atoms with van der Waals surface area (Å²) >= 11 is 0. The highest BCUT2D eigenvalue weighted by Crippen LogP contribution is 2.30. The fourth-order valence-electron chi connectivity index (χ4n) is 2.36. The molecule has 0 saturated carbocycles. The zero-order valence-corrected chi connectivity index (χ0v) is 14.6. The zero-order chi connectivity index (χ0) is 21.0. The molecular formula is C14H14N6O8. The molecule has 14 nitrogen and oxygen atoms in total. The predicted molar refractivity (Wildman–Crippen MR) is 93.2 cm³/mol. The van der Waals surface area contributed by atoms with Crippen LogP contribution in [0, 0.1) is 37.3 Å². The van der Waals surface area contributed by atoms with E-state index in [0.29, 0.717) is 6.61 Å². The molecule has 1 N–H and O–H groups in total. The number of nitrogens with zero attached hydrogens (tertiary/aromatic N) is 5. The minimum Gasteiger partial charge on any atom is -0.494 e. The van der Waals surface area contributed by atoms with Gasteiger partial charge in [0, 0.05) is 0 Å². The van der Waals surface area contributed by atoms with Crippen molar-refractivity contribution in [2.75, 3.05) is 11.9 Å². The standard InChI is InChI=1S/C14H14N6O8/c1-3-28-9-4-5-10(11(6-9)18(22)23)15-12(21)7-17-8(2)13(19(24)25)14(16-17)20(26)27/h4-6H,3,7H2,1-2H3,(H,15,21). The molecule has 0 saturated heterocycles. The lowest BCUT2D eigenvalue weighted by atomic mass is 10.2. The summed E-state index contributed by atoms with van der Waals surface area (Å²) in [5, 5.41) is 38.9. The molecule has 1 amide bonds. The van der Waals surface area contributed by atoms with Crippen molar-refractivity contribution < 1.29 is 24.3 Å². The zero-order valence-electron chi connectivity index (χ0n) is 14.6. The quantitative estimate of drug-likeness (QED) is 0.515. The second-order valence-corrected chi connectivity index (χ2v) is 5.35. The molecule has 1 aromatic carbocycles. The van der Waals surface area contributed by atoms with Crippen LogP contribution in [-0.2, 0) is 11.3 Å². The first-order valence-electron chi connectivity index (χ1n) is 7.73. The number of nitrogens with one attached hydrogen (secondary N) is 1. The van der Waals surface area contributed by atoms with Crippen LogP contribution in [0.15, 0.2) is 18.2 Å². The molecule has 2 aromatic rings. The van der Waals surface area contributed by atoms with Gasteiger partial charge in [0.05, 0.1) is 27.6 Å². The van der Waals surface area contributed by atoms with Crippen LogP contribution in [0.25, 0.3) is 0 Å². The molecule has 1 heterocycles. The van der Waals surface area contributed by atoms with Gasteiger partial charge in [-0.2, -0.15) is 4.68 Å². The van der Waals surface area contributed by atoms with Crippen LogP contribution < -0.4 is 10.1 Å². The van der Waals surface area contributed by atoms with E-state index in [0.717, 1.165) is 10.7 Å². The molecule has 1 aromatic heterocycles. The van der Waals surface area contributed by atoms with Gasteiger partial charge in [0.1, 0.15) is 23.7 Å². The van der Waals surface area contributed by atoms with E-state index >= 15 is 0 Å². The van der Waals surface area contributed by atoms with Crippen molar-refractivity contribution in [3.8, 4) is 5.75 Å². The van der Waals surface area contributed by atoms with Gasteiger partial charge in [-0.3, -0.25) is 25.0 Å². The van der Waals surface area contributed by atoms with Gasteiger partial charge in [0.2, 0.25) is 5.91 Å². The Hall–Kier alpha value is -4.10. The highest BCUT2D eigenvalue weighted by Gasteiger charge is 2.35. The number of benzene rings is 1. The second kappa shape index (κ2) is 8.07. The monoisotopic (exact) mass is 394 g/mol. The molecule has 0 aliphatic heterocycles. The summed E-state index contributed by atoms with van der Waals surface area (Å²) in [4.78, 5) is 42.6. The van der Waals surface area contributed by atoms with Gasteiger partial charge in [0.25, 0.3) is 5.69 Å². The van der Waals surface area contributed by atoms with Crippen molar-refractivity contribution in [1.82, 2.24) is 9.78 Å². The number of carbonyl (C=O) groups excluding carboxylic acids is 1. The number of aromatic nitrogens is 2. The summed E-state index contributed by atoms with van der Waals surface area (Å²) in [6, 6.07) is 3.82. The van der Waals surface area contributed by atoms with Crippen LogP contribution >= 0.6 is 0 Å². The van der Waals surface area contributed by atoms with E-state index in [4.69, 9.17) is 4.74 Å². The van der Waals surface area contributed by atoms with E-state index in [1.807, 2.05) is 0 Å². The van der Waals surface area contributed by atoms with Crippen LogP contribution in [0.2, 0.25) is 0 Å². The van der Waals surface area contributed by atoms with E-state index in [9.17, 15) is 35.1 Å². The smallest absolute Gasteiger partial charge is 0.468 e. The number of hydrogen-bond acceptors (Lipinski definition) is 9. The highest BCUT2D eigenvalue weighted by atomic mass is 16.6. The number of nitro benzene ring substituents is 1. The Bertz CT molecular complexity index is 969. The Morgan fingerprint density at radius 2 is 1.86 bits per heavy atom. The van der Waals surface area contributed by atoms with Gasteiger partial charge in [-0.05, 0) is 30.9 Å². The molecule has 0 bridgehead atoms. The van der Waals surface area contributed by atoms with Gasteiger partial charge in [0.15, 0.2) is 0 Å². The average molecular weight is 394 g/mol. The van der Waals surface area contributed by atoms with Gasteiger partial charge >= 0.3 is 11.5 Å². The third-order valence-corrected chi connectivity index (χ3v) is 3.56. The first-order valence-corrected chi connectivity index (χ1v) is 7.73. The molecule has 0 spiro atoms. The largest absolute Gasteiger partial charge is 0.494 e. The SMILES string of the molecule is CCOc1ccc(NC(=O)Cn2nc([N+](=O)[O-])c([N+](=O)[O-])c2C)c([N+](=O)[O-])c1. The number of rotatable bonds is 8. The molecule has 0 aliphatic carbocycles. The third-order valence-electron chi connectivity index (χ3n) is 3.56. The number of carbonyl (C=O) groups is 1. The van der Waals surface area contributed by atoms with Crippen LogP contribution in [0.5, 0.6) is 5.75 Å². The van der Waals surface area contributed by atoms with E-state index < -0.39 is 44.4 Å². The molecule has 0 fully saturated rings. The van der Waals surface area contributed by atoms with E-state index in [1.165, 1.54) is 19.1 Å². The third kappa shape index (κ3) is 4.17. The minimum atomic E-state index is -1.03. The Kier molecular flexibility index (Phi) is 5.82. The predicted octanol–water partition coefficient (Wildman–Crippen LogP) is 1.95. The lowest BCUT2D eigenvalue weighted by Gasteiger charge is -2.08. The number of ether oxygens (including phenoxy) is 1. The van der Waals surface area contributed by atoms with Crippen LogP contribution in [0.1, 0.15) is 12.6 Å². The molecule has 0 aliphatic rings. The Balaban J connectivity index is 2.28. The number of nitro groups is 3. The summed E-state index contributed by atoms with van der Waals surface area (Å²) < 4.78 is 5.95. The molecule has 148 valence electrons. The lowest BCUT2D eigenvalue weighted by molar-refractivity contribution is -0.424. The van der Waals surface area contributed by atoms with E-state index in [-0.39, 0.29) is 17.1 Å². The summed E-state index contributed by atoms with van der Waals surface area (Å²) in [5.41, 5.74) is -1.58. The molecule has 0 atom stereocenters. The van der Waals surface area contributed by atoms with Gasteiger partial charge in [-0.1, -0.05) is 0 Å². The first-order chi connectivity index (χ1) is 13.1. The van der Waals surface area contributed by atoms with Gasteiger partial charge in [-0.25, -0.2) is 0 Å². The fourth-order valence-corrected chi connectivity index (χ4v) is 2.36. The van der Waals surface area contributed by atoms with Crippen LogP contribution in [0.4, 0.5) is 22.9 Å². The van der Waals surface area contributed by atoms with E-state index in [1.54, 1.807) is 6.92 Å². The number of hydrogen-bond donors (Lipinski definition) is 1. The Morgan fingerprint density at radius 3 is 2.36 bits per heavy atom. The second-order valence-electron chi connectivity index (χ2n) is 5.35. The van der Waals surface area contributed by atoms with Crippen molar-refractivity contribution in [2.45, 2.75) is 20.4 Å². The van der Waals surface area contributed by atoms with E-state index in [2.05, 4.69) is 10.4 Å². The topological polar surface area (TPSA) is 186 Å². The fraction of sp³-hybridized carbons (Fsp3) is 0.286. The molecular weight excluding hydrogens is 380 g/mol. The summed E-state index contributed by atoms with van der Waals surface area (Å²) in [7, 11) is 0. The van der Waals surface area contributed by atoms with Crippen LogP contribution in [0.3, 0.4) is 0 Å². The summed E-state index contributed by atoms with van der Waals surface area (Å²) in [5.74, 6) is -1.58. The Labute approximate surface area is 156 Å². The van der Waals surface area contributed by atoms with Crippen molar-refractivity contribution in [3.05, 3.63) is 54.2 Å². The Morgan fingerprint density at radius 1 is 1.18 bits per heavy atom. The molecule has 0 radical (unpaired) electrons.